The van der Waals surface area contributed by atoms with E-state index >= 15 is 0 Å². The first-order valence-corrected chi connectivity index (χ1v) is 5.50. The molecule has 0 aliphatic carbocycles. The molecule has 1 unspecified atom stereocenters. The maximum absolute atomic E-state index is 11.6. The van der Waals surface area contributed by atoms with Crippen LogP contribution in [0.5, 0.6) is 5.88 Å². The predicted octanol–water partition coefficient (Wildman–Crippen LogP) is 0.962. The third kappa shape index (κ3) is 3.09. The van der Waals surface area contributed by atoms with E-state index in [2.05, 4.69) is 20.4 Å². The van der Waals surface area contributed by atoms with E-state index in [0.717, 1.165) is 0 Å². The Morgan fingerprint density at radius 1 is 1.67 bits per heavy atom. The molecule has 2 aromatic rings. The number of aryl methyl sites for hydroxylation is 1. The van der Waals surface area contributed by atoms with Crippen molar-refractivity contribution in [3.63, 3.8) is 0 Å². The lowest BCUT2D eigenvalue weighted by atomic mass is 10.3. The first-order chi connectivity index (χ1) is 8.65. The zero-order valence-electron chi connectivity index (χ0n) is 10.1. The standard InChI is InChI=1S/C11H14N4O3/c1-7-5-10(15-18-7)17-6-9(16)14-8(2)11-12-3-4-13-11/h3-5,8H,6H2,1-2H3,(H,12,13)(H,14,16). The molecule has 0 saturated carbocycles. The van der Waals surface area contributed by atoms with Gasteiger partial charge in [0.15, 0.2) is 6.61 Å². The van der Waals surface area contributed by atoms with Gasteiger partial charge in [0.05, 0.1) is 6.04 Å². The minimum absolute atomic E-state index is 0.114. The second-order valence-corrected chi connectivity index (χ2v) is 3.83. The number of aromatic nitrogens is 3. The summed E-state index contributed by atoms with van der Waals surface area (Å²) in [7, 11) is 0. The van der Waals surface area contributed by atoms with Crippen molar-refractivity contribution in [3.05, 3.63) is 30.0 Å². The number of nitrogens with one attached hydrogen (secondary N) is 2. The molecular formula is C11H14N4O3. The number of nitrogens with zero attached hydrogens (tertiary/aromatic N) is 2. The van der Waals surface area contributed by atoms with Crippen LogP contribution in [0.2, 0.25) is 0 Å². The molecule has 0 fully saturated rings. The number of carbonyl (C=O) groups excluding carboxylic acids is 1. The average Bonchev–Trinajstić information content (AvgIpc) is 2.97. The summed E-state index contributed by atoms with van der Waals surface area (Å²) in [6, 6.07) is 1.42. The summed E-state index contributed by atoms with van der Waals surface area (Å²) in [4.78, 5) is 18.6. The van der Waals surface area contributed by atoms with E-state index in [-0.39, 0.29) is 18.6 Å². The van der Waals surface area contributed by atoms with E-state index in [1.54, 1.807) is 25.4 Å². The van der Waals surface area contributed by atoms with Gasteiger partial charge in [0.2, 0.25) is 0 Å². The van der Waals surface area contributed by atoms with Crippen LogP contribution in [0.15, 0.2) is 23.0 Å². The highest BCUT2D eigenvalue weighted by atomic mass is 16.5. The van der Waals surface area contributed by atoms with Crippen molar-refractivity contribution in [2.24, 2.45) is 0 Å². The first kappa shape index (κ1) is 12.2. The topological polar surface area (TPSA) is 93.0 Å². The molecule has 18 heavy (non-hydrogen) atoms. The lowest BCUT2D eigenvalue weighted by Gasteiger charge is -2.11. The number of carbonyl (C=O) groups is 1. The van der Waals surface area contributed by atoms with Gasteiger partial charge in [0.1, 0.15) is 11.6 Å². The summed E-state index contributed by atoms with van der Waals surface area (Å²) >= 11 is 0. The molecule has 2 N–H and O–H groups in total. The highest BCUT2D eigenvalue weighted by Crippen LogP contribution is 2.10. The predicted molar refractivity (Wildman–Crippen MR) is 61.9 cm³/mol. The van der Waals surface area contributed by atoms with Gasteiger partial charge < -0.3 is 19.6 Å². The molecule has 0 saturated heterocycles. The van der Waals surface area contributed by atoms with Crippen LogP contribution < -0.4 is 10.1 Å². The molecule has 0 spiro atoms. The minimum atomic E-state index is -0.250. The number of hydrogen-bond acceptors (Lipinski definition) is 5. The molecule has 0 bridgehead atoms. The van der Waals surface area contributed by atoms with Crippen LogP contribution in [0.3, 0.4) is 0 Å². The molecule has 0 aromatic carbocycles. The molecule has 96 valence electrons. The summed E-state index contributed by atoms with van der Waals surface area (Å²) in [6.45, 7) is 3.47. The largest absolute Gasteiger partial charge is 0.465 e. The second-order valence-electron chi connectivity index (χ2n) is 3.83. The summed E-state index contributed by atoms with van der Waals surface area (Å²) in [5.41, 5.74) is 0. The SMILES string of the molecule is Cc1cc(OCC(=O)NC(C)c2ncc[nH]2)no1. The molecule has 2 rings (SSSR count). The fraction of sp³-hybridized carbons (Fsp3) is 0.364. The van der Waals surface area contributed by atoms with Crippen LogP contribution in [0, 0.1) is 6.92 Å². The number of amides is 1. The Labute approximate surface area is 104 Å². The van der Waals surface area contributed by atoms with E-state index in [1.807, 2.05) is 6.92 Å². The number of imidazole rings is 1. The highest BCUT2D eigenvalue weighted by Gasteiger charge is 2.12. The molecule has 7 heteroatoms. The summed E-state index contributed by atoms with van der Waals surface area (Å²) in [6.07, 6.45) is 3.33. The Morgan fingerprint density at radius 3 is 3.11 bits per heavy atom. The number of aromatic amines is 1. The Morgan fingerprint density at radius 2 is 2.50 bits per heavy atom. The van der Waals surface area contributed by atoms with Crippen LogP contribution in [0.1, 0.15) is 24.6 Å². The van der Waals surface area contributed by atoms with Crippen LogP contribution in [-0.2, 0) is 4.79 Å². The first-order valence-electron chi connectivity index (χ1n) is 5.50. The van der Waals surface area contributed by atoms with Crippen LogP contribution in [0.4, 0.5) is 0 Å². The minimum Gasteiger partial charge on any atom is -0.465 e. The number of H-pyrrole nitrogens is 1. The molecule has 1 amide bonds. The van der Waals surface area contributed by atoms with Crippen LogP contribution in [0.25, 0.3) is 0 Å². The quantitative estimate of drug-likeness (QED) is 0.824. The van der Waals surface area contributed by atoms with Crippen LogP contribution in [-0.4, -0.2) is 27.6 Å². The van der Waals surface area contributed by atoms with Gasteiger partial charge in [-0.2, -0.15) is 0 Å². The smallest absolute Gasteiger partial charge is 0.258 e. The zero-order chi connectivity index (χ0) is 13.0. The van der Waals surface area contributed by atoms with Crippen molar-refractivity contribution in [3.8, 4) is 5.88 Å². The molecule has 7 nitrogen and oxygen atoms in total. The van der Waals surface area contributed by atoms with Gasteiger partial charge in [-0.3, -0.25) is 4.79 Å². The Kier molecular flexibility index (Phi) is 3.61. The van der Waals surface area contributed by atoms with E-state index in [4.69, 9.17) is 9.26 Å². The number of ether oxygens (including phenoxy) is 1. The maximum Gasteiger partial charge on any atom is 0.258 e. The molecular weight excluding hydrogens is 236 g/mol. The molecule has 0 aliphatic heterocycles. The van der Waals surface area contributed by atoms with E-state index in [1.165, 1.54) is 0 Å². The Hall–Kier alpha value is -2.31. The van der Waals surface area contributed by atoms with Gasteiger partial charge in [-0.25, -0.2) is 4.98 Å². The van der Waals surface area contributed by atoms with Crippen molar-refractivity contribution in [1.29, 1.82) is 0 Å². The molecule has 0 aliphatic rings. The second kappa shape index (κ2) is 5.35. The van der Waals surface area contributed by atoms with Gasteiger partial charge in [0.25, 0.3) is 11.8 Å². The molecule has 1 atom stereocenters. The lowest BCUT2D eigenvalue weighted by molar-refractivity contribution is -0.123. The average molecular weight is 250 g/mol. The van der Waals surface area contributed by atoms with Gasteiger partial charge in [0, 0.05) is 18.5 Å². The van der Waals surface area contributed by atoms with Gasteiger partial charge in [-0.05, 0) is 19.0 Å². The molecule has 2 heterocycles. The van der Waals surface area contributed by atoms with E-state index in [0.29, 0.717) is 17.5 Å². The number of rotatable bonds is 5. The normalized spacial score (nSPS) is 12.1. The highest BCUT2D eigenvalue weighted by molar-refractivity contribution is 5.77. The van der Waals surface area contributed by atoms with Gasteiger partial charge in [-0.1, -0.05) is 0 Å². The monoisotopic (exact) mass is 250 g/mol. The van der Waals surface area contributed by atoms with Crippen molar-refractivity contribution >= 4 is 5.91 Å². The van der Waals surface area contributed by atoms with Crippen molar-refractivity contribution in [2.45, 2.75) is 19.9 Å². The molecule has 2 aromatic heterocycles. The third-order valence-corrected chi connectivity index (χ3v) is 2.26. The van der Waals surface area contributed by atoms with Gasteiger partial charge >= 0.3 is 0 Å². The summed E-state index contributed by atoms with van der Waals surface area (Å²) < 4.78 is 9.97. The van der Waals surface area contributed by atoms with E-state index in [9.17, 15) is 4.79 Å². The lowest BCUT2D eigenvalue weighted by Crippen LogP contribution is -2.31. The Bertz CT molecular complexity index is 506. The fourth-order valence-corrected chi connectivity index (χ4v) is 1.42. The van der Waals surface area contributed by atoms with Crippen LogP contribution >= 0.6 is 0 Å². The van der Waals surface area contributed by atoms with Crippen molar-refractivity contribution in [1.82, 2.24) is 20.4 Å². The Balaban J connectivity index is 1.78. The zero-order valence-corrected chi connectivity index (χ0v) is 10.1. The maximum atomic E-state index is 11.6. The summed E-state index contributed by atoms with van der Waals surface area (Å²) in [5, 5.41) is 6.36. The van der Waals surface area contributed by atoms with Crippen molar-refractivity contribution < 1.29 is 14.1 Å². The van der Waals surface area contributed by atoms with Crippen molar-refractivity contribution in [2.75, 3.05) is 6.61 Å². The third-order valence-electron chi connectivity index (χ3n) is 2.26. The summed E-state index contributed by atoms with van der Waals surface area (Å²) in [5.74, 6) is 1.38. The van der Waals surface area contributed by atoms with Gasteiger partial charge in [-0.15, -0.1) is 0 Å². The molecule has 0 radical (unpaired) electrons. The van der Waals surface area contributed by atoms with E-state index < -0.39 is 0 Å². The fourth-order valence-electron chi connectivity index (χ4n) is 1.42. The number of hydrogen-bond donors (Lipinski definition) is 2.